The van der Waals surface area contributed by atoms with Crippen LogP contribution < -0.4 is 0 Å². The van der Waals surface area contributed by atoms with Gasteiger partial charge in [0.05, 0.1) is 6.10 Å². The Bertz CT molecular complexity index is 701. The molecule has 0 unspecified atom stereocenters. The van der Waals surface area contributed by atoms with Crippen LogP contribution in [0.2, 0.25) is 0 Å². The van der Waals surface area contributed by atoms with Crippen molar-refractivity contribution >= 4 is 0 Å². The summed E-state index contributed by atoms with van der Waals surface area (Å²) >= 11 is 0. The minimum atomic E-state index is -0.130. The topological polar surface area (TPSA) is 60.7 Å². The summed E-state index contributed by atoms with van der Waals surface area (Å²) in [6.07, 6.45) is 15.4. The summed E-state index contributed by atoms with van der Waals surface area (Å²) in [5.74, 6) is 2.85. The van der Waals surface area contributed by atoms with Gasteiger partial charge in [0.25, 0.3) is 0 Å². The average Bonchev–Trinajstić information content (AvgIpc) is 3.00. The maximum atomic E-state index is 11.3. The summed E-state index contributed by atoms with van der Waals surface area (Å²) in [5.41, 5.74) is 2.93. The Balaban J connectivity index is 1.32. The van der Waals surface area contributed by atoms with Gasteiger partial charge in [0.1, 0.15) is 5.75 Å². The lowest BCUT2D eigenvalue weighted by Gasteiger charge is -2.50. The van der Waals surface area contributed by atoms with E-state index >= 15 is 0 Å². The highest BCUT2D eigenvalue weighted by Gasteiger charge is 2.57. The van der Waals surface area contributed by atoms with E-state index in [0.717, 1.165) is 25.7 Å². The fraction of sp³-hybridized carbons (Fsp3) is 0.778. The van der Waals surface area contributed by atoms with E-state index in [2.05, 4.69) is 13.0 Å². The lowest BCUT2D eigenvalue weighted by atomic mass is 9.55. The first kappa shape index (κ1) is 22.1. The molecule has 0 saturated heterocycles. The first-order valence-electron chi connectivity index (χ1n) is 12.7. The highest BCUT2D eigenvalue weighted by Crippen LogP contribution is 2.62. The van der Waals surface area contributed by atoms with Crippen molar-refractivity contribution in [3.63, 3.8) is 0 Å². The maximum absolute atomic E-state index is 11.3. The number of rotatable bonds is 9. The van der Waals surface area contributed by atoms with Crippen LogP contribution in [-0.4, -0.2) is 28.0 Å². The van der Waals surface area contributed by atoms with Gasteiger partial charge >= 0.3 is 0 Å². The van der Waals surface area contributed by atoms with Gasteiger partial charge in [-0.15, -0.1) is 0 Å². The van der Waals surface area contributed by atoms with Gasteiger partial charge < -0.3 is 15.3 Å². The molecule has 0 radical (unpaired) electrons. The fourth-order valence-corrected chi connectivity index (χ4v) is 7.40. The van der Waals surface area contributed by atoms with Crippen LogP contribution in [0.15, 0.2) is 18.2 Å². The Morgan fingerprint density at radius 3 is 2.50 bits per heavy atom. The standard InChI is InChI=1S/C27H42O3/c1-27-15-14-23-22-13-11-21(29)17-19(22)10-12-24(23)25(27)18-20(26(27)30)9-7-5-3-2-4-6-8-16-28/h11,13,17,20,23-26,28-30H,2-10,12,14-16,18H2,1H3/t20-,23+,24+,25-,26-,27-/m0/s1. The third-order valence-corrected chi connectivity index (χ3v) is 9.06. The minimum Gasteiger partial charge on any atom is -0.508 e. The van der Waals surface area contributed by atoms with Gasteiger partial charge in [-0.05, 0) is 97.3 Å². The van der Waals surface area contributed by atoms with Gasteiger partial charge in [-0.1, -0.05) is 51.5 Å². The van der Waals surface area contributed by atoms with Gasteiger partial charge in [0.2, 0.25) is 0 Å². The number of hydrogen-bond donors (Lipinski definition) is 3. The Kier molecular flexibility index (Phi) is 7.09. The predicted molar refractivity (Wildman–Crippen MR) is 122 cm³/mol. The van der Waals surface area contributed by atoms with Crippen molar-refractivity contribution in [1.29, 1.82) is 0 Å². The molecule has 4 rings (SSSR count). The van der Waals surface area contributed by atoms with Crippen molar-refractivity contribution in [1.82, 2.24) is 0 Å². The molecule has 0 amide bonds. The molecule has 3 aliphatic rings. The van der Waals surface area contributed by atoms with E-state index in [0.29, 0.717) is 36.0 Å². The Morgan fingerprint density at radius 1 is 1.00 bits per heavy atom. The van der Waals surface area contributed by atoms with Crippen LogP contribution in [0.3, 0.4) is 0 Å². The molecule has 0 aromatic heterocycles. The van der Waals surface area contributed by atoms with E-state index < -0.39 is 0 Å². The molecule has 0 heterocycles. The van der Waals surface area contributed by atoms with Crippen molar-refractivity contribution in [2.24, 2.45) is 23.2 Å². The van der Waals surface area contributed by atoms with Gasteiger partial charge in [0, 0.05) is 6.61 Å². The number of aryl methyl sites for hydroxylation is 1. The number of phenols is 1. The van der Waals surface area contributed by atoms with Gasteiger partial charge in [-0.25, -0.2) is 0 Å². The molecule has 3 heteroatoms. The number of aliphatic hydroxyl groups is 2. The SMILES string of the molecule is C[C@]12CC[C@@H]3c4ccc(O)cc4CC[C@H]3[C@@H]1C[C@H](CCCCCCCCCO)[C@@H]2O. The molecular formula is C27H42O3. The molecule has 3 N–H and O–H groups in total. The highest BCUT2D eigenvalue weighted by atomic mass is 16.3. The number of benzene rings is 1. The molecule has 3 aliphatic carbocycles. The molecule has 3 nitrogen and oxygen atoms in total. The summed E-state index contributed by atoms with van der Waals surface area (Å²) in [4.78, 5) is 0. The van der Waals surface area contributed by atoms with E-state index in [1.165, 1.54) is 68.9 Å². The van der Waals surface area contributed by atoms with Gasteiger partial charge in [0.15, 0.2) is 0 Å². The molecule has 168 valence electrons. The monoisotopic (exact) mass is 414 g/mol. The average molecular weight is 415 g/mol. The molecule has 2 saturated carbocycles. The number of fused-ring (bicyclic) bond motifs is 5. The number of phenolic OH excluding ortho intramolecular Hbond substituents is 1. The highest BCUT2D eigenvalue weighted by molar-refractivity contribution is 5.40. The minimum absolute atomic E-state index is 0.102. The first-order valence-corrected chi connectivity index (χ1v) is 12.7. The molecule has 30 heavy (non-hydrogen) atoms. The summed E-state index contributed by atoms with van der Waals surface area (Å²) in [5, 5.41) is 30.0. The van der Waals surface area contributed by atoms with Crippen LogP contribution >= 0.6 is 0 Å². The molecule has 1 aromatic rings. The quantitative estimate of drug-likeness (QED) is 0.438. The maximum Gasteiger partial charge on any atom is 0.115 e. The number of aromatic hydroxyl groups is 1. The summed E-state index contributed by atoms with van der Waals surface area (Å²) in [7, 11) is 0. The van der Waals surface area contributed by atoms with Gasteiger partial charge in [-0.2, -0.15) is 0 Å². The Labute approximate surface area is 182 Å². The van der Waals surface area contributed by atoms with Crippen molar-refractivity contribution < 1.29 is 15.3 Å². The van der Waals surface area contributed by atoms with Crippen LogP contribution in [-0.2, 0) is 6.42 Å². The summed E-state index contributed by atoms with van der Waals surface area (Å²) in [6, 6.07) is 6.02. The van der Waals surface area contributed by atoms with Crippen molar-refractivity contribution in [3.05, 3.63) is 29.3 Å². The molecular weight excluding hydrogens is 372 g/mol. The number of unbranched alkanes of at least 4 members (excludes halogenated alkanes) is 6. The Morgan fingerprint density at radius 2 is 1.73 bits per heavy atom. The molecule has 2 fully saturated rings. The molecule has 0 spiro atoms. The molecule has 6 atom stereocenters. The van der Waals surface area contributed by atoms with E-state index in [9.17, 15) is 10.2 Å². The normalized spacial score (nSPS) is 35.0. The first-order chi connectivity index (χ1) is 14.5. The molecule has 0 bridgehead atoms. The summed E-state index contributed by atoms with van der Waals surface area (Å²) < 4.78 is 0. The van der Waals surface area contributed by atoms with Crippen molar-refractivity contribution in [2.75, 3.05) is 6.61 Å². The van der Waals surface area contributed by atoms with Crippen LogP contribution in [0.1, 0.15) is 101 Å². The zero-order valence-corrected chi connectivity index (χ0v) is 18.9. The van der Waals surface area contributed by atoms with E-state index in [1.807, 2.05) is 12.1 Å². The zero-order chi connectivity index (χ0) is 21.1. The third kappa shape index (κ3) is 4.30. The predicted octanol–water partition coefficient (Wildman–Crippen LogP) is 5.95. The second kappa shape index (κ2) is 9.61. The zero-order valence-electron chi connectivity index (χ0n) is 18.9. The molecule has 1 aromatic carbocycles. The summed E-state index contributed by atoms with van der Waals surface area (Å²) in [6.45, 7) is 2.71. The fourth-order valence-electron chi connectivity index (χ4n) is 7.40. The second-order valence-corrected chi connectivity index (χ2v) is 10.8. The smallest absolute Gasteiger partial charge is 0.115 e. The van der Waals surface area contributed by atoms with Crippen LogP contribution in [0.25, 0.3) is 0 Å². The largest absolute Gasteiger partial charge is 0.508 e. The Hall–Kier alpha value is -1.06. The lowest BCUT2D eigenvalue weighted by molar-refractivity contribution is -0.0335. The van der Waals surface area contributed by atoms with Crippen LogP contribution in [0.5, 0.6) is 5.75 Å². The third-order valence-electron chi connectivity index (χ3n) is 9.06. The van der Waals surface area contributed by atoms with E-state index in [4.69, 9.17) is 5.11 Å². The number of aliphatic hydroxyl groups excluding tert-OH is 2. The van der Waals surface area contributed by atoms with Crippen LogP contribution in [0.4, 0.5) is 0 Å². The van der Waals surface area contributed by atoms with Gasteiger partial charge in [-0.3, -0.25) is 0 Å². The van der Waals surface area contributed by atoms with E-state index in [1.54, 1.807) is 0 Å². The van der Waals surface area contributed by atoms with E-state index in [-0.39, 0.29) is 11.5 Å². The number of hydrogen-bond acceptors (Lipinski definition) is 3. The van der Waals surface area contributed by atoms with Crippen molar-refractivity contribution in [3.8, 4) is 5.75 Å². The second-order valence-electron chi connectivity index (χ2n) is 10.8. The molecule has 0 aliphatic heterocycles. The van der Waals surface area contributed by atoms with Crippen molar-refractivity contribution in [2.45, 2.75) is 102 Å². The van der Waals surface area contributed by atoms with Crippen LogP contribution in [0, 0.1) is 23.2 Å². The lowest BCUT2D eigenvalue weighted by Crippen LogP contribution is -2.44.